The normalized spacial score (nSPS) is 13.2. The Labute approximate surface area is 324 Å². The van der Waals surface area contributed by atoms with Gasteiger partial charge in [0.1, 0.15) is 23.0 Å². The zero-order chi connectivity index (χ0) is 37.6. The van der Waals surface area contributed by atoms with Crippen molar-refractivity contribution < 1.29 is 9.47 Å². The van der Waals surface area contributed by atoms with E-state index in [1.54, 1.807) is 0 Å². The lowest BCUT2D eigenvalue weighted by Crippen LogP contribution is -2.57. The fraction of sp³-hybridized carbons (Fsp3) is 0.154. The van der Waals surface area contributed by atoms with Crippen LogP contribution in [0, 0.1) is 0 Å². The molecule has 0 N–H and O–H groups in total. The van der Waals surface area contributed by atoms with E-state index in [0.717, 1.165) is 39.6 Å². The molecule has 0 aromatic heterocycles. The van der Waals surface area contributed by atoms with Crippen molar-refractivity contribution in [3.8, 4) is 56.4 Å². The molecule has 2 nitrogen and oxygen atoms in total. The summed E-state index contributed by atoms with van der Waals surface area (Å²) >= 11 is 0. The topological polar surface area (TPSA) is 18.5 Å². The van der Waals surface area contributed by atoms with Crippen LogP contribution in [0.2, 0.25) is 0 Å². The Kier molecular flexibility index (Phi) is 7.45. The fourth-order valence-electron chi connectivity index (χ4n) is 8.81. The lowest BCUT2D eigenvalue weighted by atomic mass is 9.34. The van der Waals surface area contributed by atoms with Crippen LogP contribution in [-0.2, 0) is 10.8 Å². The molecule has 0 amide bonds. The number of ether oxygens (including phenoxy) is 2. The SMILES string of the molecule is CC(C)(C)c1ccc2c(c1)B1c3cc(C(C)(C)C)ccc3Oc3cc(-c4cccc(-c5c6ccccc6c(-c6ccccc6)c6ccccc56)c4)cc(c31)O2. The van der Waals surface area contributed by atoms with Gasteiger partial charge in [0.2, 0.25) is 0 Å². The molecule has 0 bridgehead atoms. The highest BCUT2D eigenvalue weighted by Gasteiger charge is 2.41. The van der Waals surface area contributed by atoms with Gasteiger partial charge in [-0.15, -0.1) is 0 Å². The Bertz CT molecular complexity index is 2690. The Morgan fingerprint density at radius 3 is 1.29 bits per heavy atom. The minimum absolute atomic E-state index is 0.00309. The van der Waals surface area contributed by atoms with Gasteiger partial charge in [0.05, 0.1) is 0 Å². The van der Waals surface area contributed by atoms with Crippen molar-refractivity contribution in [2.45, 2.75) is 52.4 Å². The van der Waals surface area contributed by atoms with Crippen LogP contribution in [-0.4, -0.2) is 6.71 Å². The van der Waals surface area contributed by atoms with Crippen molar-refractivity contribution in [2.75, 3.05) is 0 Å². The van der Waals surface area contributed by atoms with Crippen LogP contribution in [0.25, 0.3) is 54.9 Å². The van der Waals surface area contributed by atoms with Crippen molar-refractivity contribution in [2.24, 2.45) is 0 Å². The predicted octanol–water partition coefficient (Wildman–Crippen LogP) is 12.3. The molecule has 55 heavy (non-hydrogen) atoms. The first-order valence-electron chi connectivity index (χ1n) is 19.5. The molecule has 0 unspecified atom stereocenters. The number of rotatable bonds is 3. The van der Waals surface area contributed by atoms with E-state index in [0.29, 0.717) is 0 Å². The number of fused-ring (bicyclic) bond motifs is 6. The van der Waals surface area contributed by atoms with Gasteiger partial charge in [-0.1, -0.05) is 163 Å². The largest absolute Gasteiger partial charge is 0.458 e. The highest BCUT2D eigenvalue weighted by molar-refractivity contribution is 6.98. The van der Waals surface area contributed by atoms with E-state index in [4.69, 9.17) is 9.47 Å². The van der Waals surface area contributed by atoms with Gasteiger partial charge in [-0.3, -0.25) is 0 Å². The molecule has 266 valence electrons. The van der Waals surface area contributed by atoms with Crippen LogP contribution in [0.4, 0.5) is 0 Å². The molecule has 0 radical (unpaired) electrons. The summed E-state index contributed by atoms with van der Waals surface area (Å²) in [5.74, 6) is 3.53. The Morgan fingerprint density at radius 2 is 0.800 bits per heavy atom. The summed E-state index contributed by atoms with van der Waals surface area (Å²) in [6.45, 7) is 13.7. The van der Waals surface area contributed by atoms with Crippen molar-refractivity contribution in [3.05, 3.63) is 163 Å². The molecule has 2 aliphatic rings. The maximum absolute atomic E-state index is 6.87. The molecule has 0 saturated carbocycles. The predicted molar refractivity (Wildman–Crippen MR) is 233 cm³/mol. The van der Waals surface area contributed by atoms with Crippen LogP contribution < -0.4 is 25.9 Å². The maximum atomic E-state index is 6.87. The second kappa shape index (κ2) is 12.2. The Hall–Kier alpha value is -6.06. The Balaban J connectivity index is 1.16. The van der Waals surface area contributed by atoms with Gasteiger partial charge >= 0.3 is 0 Å². The van der Waals surface area contributed by atoms with Gasteiger partial charge in [0.15, 0.2) is 0 Å². The molecule has 10 rings (SSSR count). The highest BCUT2D eigenvalue weighted by atomic mass is 16.5. The second-order valence-electron chi connectivity index (χ2n) is 17.3. The minimum atomic E-state index is 0.00309. The first kappa shape index (κ1) is 33.5. The van der Waals surface area contributed by atoms with E-state index in [1.807, 2.05) is 0 Å². The standard InChI is InChI=1S/C52H43BO2/c1-51(2,3)36-23-25-44-42(30-36)53-43-31-37(52(4,5)6)24-26-45(43)55-47-29-35(28-46(54-44)50(47)53)33-17-14-18-34(27-33)49-40-21-12-10-19-38(40)48(32-15-8-7-9-16-32)39-20-11-13-22-41(39)49/h7-31H,1-6H3. The highest BCUT2D eigenvalue weighted by Crippen LogP contribution is 2.45. The monoisotopic (exact) mass is 710 g/mol. The van der Waals surface area contributed by atoms with Crippen molar-refractivity contribution >= 4 is 44.6 Å². The van der Waals surface area contributed by atoms with E-state index < -0.39 is 0 Å². The number of hydrogen-bond donors (Lipinski definition) is 0. The van der Waals surface area contributed by atoms with Crippen molar-refractivity contribution in [1.29, 1.82) is 0 Å². The summed E-state index contributed by atoms with van der Waals surface area (Å²) in [5.41, 5.74) is 13.2. The molecule has 2 heterocycles. The number of hydrogen-bond acceptors (Lipinski definition) is 2. The molecule has 0 aliphatic carbocycles. The summed E-state index contributed by atoms with van der Waals surface area (Å²) in [5, 5.41) is 4.98. The van der Waals surface area contributed by atoms with E-state index in [9.17, 15) is 0 Å². The van der Waals surface area contributed by atoms with Crippen LogP contribution in [0.1, 0.15) is 52.7 Å². The van der Waals surface area contributed by atoms with Gasteiger partial charge in [-0.25, -0.2) is 0 Å². The third kappa shape index (κ3) is 5.48. The van der Waals surface area contributed by atoms with Crippen LogP contribution in [0.3, 0.4) is 0 Å². The fourth-order valence-corrected chi connectivity index (χ4v) is 8.81. The van der Waals surface area contributed by atoms with Crippen LogP contribution >= 0.6 is 0 Å². The maximum Gasteiger partial charge on any atom is 0.260 e. The quantitative estimate of drug-likeness (QED) is 0.134. The summed E-state index contributed by atoms with van der Waals surface area (Å²) in [6.07, 6.45) is 0. The molecule has 3 heteroatoms. The second-order valence-corrected chi connectivity index (χ2v) is 17.3. The molecule has 0 saturated heterocycles. The van der Waals surface area contributed by atoms with Crippen molar-refractivity contribution in [3.63, 3.8) is 0 Å². The Morgan fingerprint density at radius 1 is 0.364 bits per heavy atom. The molecule has 0 spiro atoms. The summed E-state index contributed by atoms with van der Waals surface area (Å²) in [7, 11) is 0. The minimum Gasteiger partial charge on any atom is -0.458 e. The lowest BCUT2D eigenvalue weighted by molar-refractivity contribution is 0.464. The third-order valence-corrected chi connectivity index (χ3v) is 11.7. The average Bonchev–Trinajstić information content (AvgIpc) is 3.19. The van der Waals surface area contributed by atoms with Gasteiger partial charge < -0.3 is 9.47 Å². The van der Waals surface area contributed by atoms with Gasteiger partial charge in [0, 0.05) is 5.46 Å². The van der Waals surface area contributed by atoms with E-state index >= 15 is 0 Å². The van der Waals surface area contributed by atoms with Gasteiger partial charge in [-0.2, -0.15) is 0 Å². The van der Waals surface area contributed by atoms with Crippen LogP contribution in [0.15, 0.2) is 152 Å². The average molecular weight is 711 g/mol. The third-order valence-electron chi connectivity index (χ3n) is 11.7. The molecule has 8 aromatic carbocycles. The van der Waals surface area contributed by atoms with Crippen molar-refractivity contribution in [1.82, 2.24) is 0 Å². The summed E-state index contributed by atoms with van der Waals surface area (Å²) in [6, 6.07) is 55.4. The molecule has 0 atom stereocenters. The molecule has 2 aliphatic heterocycles. The van der Waals surface area contributed by atoms with E-state index in [-0.39, 0.29) is 17.5 Å². The number of benzene rings is 8. The first-order chi connectivity index (χ1) is 26.5. The summed E-state index contributed by atoms with van der Waals surface area (Å²) in [4.78, 5) is 0. The lowest BCUT2D eigenvalue weighted by Gasteiger charge is -2.35. The summed E-state index contributed by atoms with van der Waals surface area (Å²) < 4.78 is 13.7. The smallest absolute Gasteiger partial charge is 0.260 e. The van der Waals surface area contributed by atoms with E-state index in [2.05, 4.69) is 193 Å². The zero-order valence-electron chi connectivity index (χ0n) is 32.3. The van der Waals surface area contributed by atoms with Gasteiger partial charge in [0.25, 0.3) is 6.71 Å². The molecular formula is C52H43BO2. The van der Waals surface area contributed by atoms with Crippen LogP contribution in [0.5, 0.6) is 23.0 Å². The zero-order valence-corrected chi connectivity index (χ0v) is 32.3. The van der Waals surface area contributed by atoms with Gasteiger partial charge in [-0.05, 0) is 118 Å². The van der Waals surface area contributed by atoms with E-state index in [1.165, 1.54) is 65.9 Å². The molecular weight excluding hydrogens is 667 g/mol. The first-order valence-corrected chi connectivity index (χ1v) is 19.5. The molecule has 0 fully saturated rings. The molecule has 8 aromatic rings.